The van der Waals surface area contributed by atoms with Crippen molar-refractivity contribution in [3.63, 3.8) is 0 Å². The third-order valence-corrected chi connectivity index (χ3v) is 7.51. The molecule has 0 unspecified atom stereocenters. The van der Waals surface area contributed by atoms with Gasteiger partial charge < -0.3 is 0 Å². The predicted octanol–water partition coefficient (Wildman–Crippen LogP) is 8.88. The fourth-order valence-corrected chi connectivity index (χ4v) is 5.63. The molecule has 0 radical (unpaired) electrons. The number of rotatable bonds is 3. The molecular weight excluding hydrogens is 488 g/mol. The minimum atomic E-state index is 0.890. The highest BCUT2D eigenvalue weighted by atomic mass is 14.8. The van der Waals surface area contributed by atoms with E-state index in [0.717, 1.165) is 77.3 Å². The first-order valence-corrected chi connectivity index (χ1v) is 13.3. The zero-order valence-corrected chi connectivity index (χ0v) is 21.5. The second kappa shape index (κ2) is 9.07. The van der Waals surface area contributed by atoms with E-state index in [1.54, 1.807) is 0 Å². The molecule has 4 aromatic heterocycles. The van der Waals surface area contributed by atoms with Crippen LogP contribution in [0.25, 0.3) is 77.3 Å². The lowest BCUT2D eigenvalue weighted by Crippen LogP contribution is -1.96. The topological polar surface area (TPSA) is 51.6 Å². The Morgan fingerprint density at radius 3 is 1.90 bits per heavy atom. The molecule has 0 fully saturated rings. The second-order valence-electron chi connectivity index (χ2n) is 9.92. The quantitative estimate of drug-likeness (QED) is 0.223. The van der Waals surface area contributed by atoms with Gasteiger partial charge >= 0.3 is 0 Å². The van der Waals surface area contributed by atoms with Gasteiger partial charge in [0.05, 0.1) is 33.6 Å². The molecule has 0 saturated carbocycles. The summed E-state index contributed by atoms with van der Waals surface area (Å²) in [6.07, 6.45) is 3.79. The summed E-state index contributed by atoms with van der Waals surface area (Å²) in [6, 6.07) is 41.6. The van der Waals surface area contributed by atoms with Gasteiger partial charge in [-0.1, -0.05) is 97.1 Å². The lowest BCUT2D eigenvalue weighted by Gasteiger charge is -2.15. The third-order valence-electron chi connectivity index (χ3n) is 7.51. The Balaban J connectivity index is 1.49. The highest BCUT2D eigenvalue weighted by Crippen LogP contribution is 2.39. The van der Waals surface area contributed by atoms with E-state index < -0.39 is 0 Å². The van der Waals surface area contributed by atoms with Crippen LogP contribution in [-0.4, -0.2) is 19.9 Å². The summed E-state index contributed by atoms with van der Waals surface area (Å²) in [4.78, 5) is 20.0. The number of benzene rings is 4. The molecule has 8 rings (SSSR count). The van der Waals surface area contributed by atoms with Gasteiger partial charge in [0.2, 0.25) is 0 Å². The van der Waals surface area contributed by atoms with Gasteiger partial charge in [-0.3, -0.25) is 9.97 Å². The zero-order chi connectivity index (χ0) is 26.5. The molecule has 186 valence electrons. The van der Waals surface area contributed by atoms with Gasteiger partial charge in [-0.05, 0) is 24.3 Å². The van der Waals surface area contributed by atoms with Crippen molar-refractivity contribution in [2.45, 2.75) is 0 Å². The summed E-state index contributed by atoms with van der Waals surface area (Å²) in [5.41, 5.74) is 8.58. The Morgan fingerprint density at radius 2 is 1.15 bits per heavy atom. The number of pyridine rings is 4. The third kappa shape index (κ3) is 3.62. The van der Waals surface area contributed by atoms with E-state index >= 15 is 0 Å². The van der Waals surface area contributed by atoms with Crippen LogP contribution >= 0.6 is 0 Å². The molecule has 0 saturated heterocycles. The maximum Gasteiger partial charge on any atom is 0.0971 e. The van der Waals surface area contributed by atoms with Crippen molar-refractivity contribution in [3.8, 4) is 33.8 Å². The standard InChI is InChI=1S/C36H22N4/c1-3-10-23(11-4-1)31-20-26(21-32(39-31)24-12-5-2-6-13-24)34-29-22-38-36-28(18-17-25-14-9-19-37-35(25)36)33(29)27-15-7-8-16-30(27)40-34/h1-22H. The van der Waals surface area contributed by atoms with Crippen molar-refractivity contribution >= 4 is 43.5 Å². The fourth-order valence-electron chi connectivity index (χ4n) is 5.63. The van der Waals surface area contributed by atoms with Crippen molar-refractivity contribution in [2.75, 3.05) is 0 Å². The molecule has 0 bridgehead atoms. The molecule has 0 aliphatic carbocycles. The fraction of sp³-hybridized carbons (Fsp3) is 0. The first-order chi connectivity index (χ1) is 19.8. The molecule has 0 spiro atoms. The zero-order valence-electron chi connectivity index (χ0n) is 21.5. The van der Waals surface area contributed by atoms with E-state index in [2.05, 4.69) is 77.8 Å². The first kappa shape index (κ1) is 22.5. The van der Waals surface area contributed by atoms with Crippen molar-refractivity contribution in [3.05, 3.63) is 134 Å². The van der Waals surface area contributed by atoms with Crippen LogP contribution in [0.15, 0.2) is 134 Å². The van der Waals surface area contributed by atoms with Crippen LogP contribution in [-0.2, 0) is 0 Å². The molecule has 0 aliphatic rings. The Bertz CT molecular complexity index is 2150. The molecule has 0 amide bonds. The van der Waals surface area contributed by atoms with Crippen molar-refractivity contribution in [2.24, 2.45) is 0 Å². The lowest BCUT2D eigenvalue weighted by atomic mass is 9.96. The van der Waals surface area contributed by atoms with Gasteiger partial charge in [-0.2, -0.15) is 0 Å². The van der Waals surface area contributed by atoms with Gasteiger partial charge in [-0.15, -0.1) is 0 Å². The number of para-hydroxylation sites is 1. The number of aromatic nitrogens is 4. The summed E-state index contributed by atoms with van der Waals surface area (Å²) in [6.45, 7) is 0. The summed E-state index contributed by atoms with van der Waals surface area (Å²) >= 11 is 0. The second-order valence-corrected chi connectivity index (χ2v) is 9.92. The summed E-state index contributed by atoms with van der Waals surface area (Å²) in [5.74, 6) is 0. The monoisotopic (exact) mass is 510 g/mol. The minimum absolute atomic E-state index is 0.890. The van der Waals surface area contributed by atoms with Gasteiger partial charge in [0.15, 0.2) is 0 Å². The van der Waals surface area contributed by atoms with Crippen molar-refractivity contribution in [1.82, 2.24) is 19.9 Å². The molecule has 8 aromatic rings. The van der Waals surface area contributed by atoms with Gasteiger partial charge in [0.1, 0.15) is 0 Å². The Hall–Kier alpha value is -5.48. The maximum absolute atomic E-state index is 5.23. The van der Waals surface area contributed by atoms with Gasteiger partial charge in [0.25, 0.3) is 0 Å². The molecule has 4 aromatic carbocycles. The molecule has 4 heteroatoms. The molecule has 0 atom stereocenters. The predicted molar refractivity (Wildman–Crippen MR) is 164 cm³/mol. The van der Waals surface area contributed by atoms with Crippen LogP contribution in [0.3, 0.4) is 0 Å². The smallest absolute Gasteiger partial charge is 0.0971 e. The number of fused-ring (bicyclic) bond motifs is 7. The van der Waals surface area contributed by atoms with Crippen LogP contribution in [0.5, 0.6) is 0 Å². The molecule has 0 aliphatic heterocycles. The molecule has 0 N–H and O–H groups in total. The summed E-state index contributed by atoms with van der Waals surface area (Å²) in [7, 11) is 0. The van der Waals surface area contributed by atoms with E-state index in [-0.39, 0.29) is 0 Å². The lowest BCUT2D eigenvalue weighted by molar-refractivity contribution is 1.31. The molecule has 40 heavy (non-hydrogen) atoms. The number of nitrogens with zero attached hydrogens (tertiary/aromatic N) is 4. The Kier molecular flexibility index (Phi) is 5.10. The van der Waals surface area contributed by atoms with E-state index in [9.17, 15) is 0 Å². The normalized spacial score (nSPS) is 11.5. The van der Waals surface area contributed by atoms with E-state index in [1.165, 1.54) is 0 Å². The highest BCUT2D eigenvalue weighted by Gasteiger charge is 2.17. The largest absolute Gasteiger partial charge is 0.254 e. The highest BCUT2D eigenvalue weighted by molar-refractivity contribution is 6.24. The van der Waals surface area contributed by atoms with E-state index in [4.69, 9.17) is 15.0 Å². The van der Waals surface area contributed by atoms with Gasteiger partial charge in [0, 0.05) is 56.0 Å². The van der Waals surface area contributed by atoms with Gasteiger partial charge in [-0.25, -0.2) is 9.97 Å². The first-order valence-electron chi connectivity index (χ1n) is 13.3. The number of hydrogen-bond donors (Lipinski definition) is 0. The maximum atomic E-state index is 5.23. The average Bonchev–Trinajstić information content (AvgIpc) is 3.04. The Morgan fingerprint density at radius 1 is 0.450 bits per heavy atom. The average molecular weight is 511 g/mol. The summed E-state index contributed by atoms with van der Waals surface area (Å²) in [5, 5.41) is 5.39. The van der Waals surface area contributed by atoms with E-state index in [1.807, 2.05) is 60.9 Å². The van der Waals surface area contributed by atoms with Crippen LogP contribution in [0.4, 0.5) is 0 Å². The van der Waals surface area contributed by atoms with Crippen LogP contribution in [0.1, 0.15) is 0 Å². The SMILES string of the molecule is c1ccc(-c2cc(-c3nc4ccccc4c4c3cnc3c4ccc4cccnc43)cc(-c3ccccc3)n2)cc1. The van der Waals surface area contributed by atoms with Crippen molar-refractivity contribution in [1.29, 1.82) is 0 Å². The Labute approximate surface area is 230 Å². The molecule has 4 heterocycles. The van der Waals surface area contributed by atoms with Crippen LogP contribution < -0.4 is 0 Å². The molecular formula is C36H22N4. The molecule has 4 nitrogen and oxygen atoms in total. The minimum Gasteiger partial charge on any atom is -0.254 e. The van der Waals surface area contributed by atoms with Crippen LogP contribution in [0.2, 0.25) is 0 Å². The van der Waals surface area contributed by atoms with E-state index in [0.29, 0.717) is 0 Å². The van der Waals surface area contributed by atoms with Crippen molar-refractivity contribution < 1.29 is 0 Å². The summed E-state index contributed by atoms with van der Waals surface area (Å²) < 4.78 is 0. The van der Waals surface area contributed by atoms with Crippen LogP contribution in [0, 0.1) is 0 Å². The number of hydrogen-bond acceptors (Lipinski definition) is 4.